The van der Waals surface area contributed by atoms with Crippen molar-refractivity contribution >= 4 is 11.0 Å². The van der Waals surface area contributed by atoms with Gasteiger partial charge in [0.2, 0.25) is 0 Å². The van der Waals surface area contributed by atoms with Crippen molar-refractivity contribution in [2.24, 2.45) is 0 Å². The van der Waals surface area contributed by atoms with Crippen molar-refractivity contribution in [3.8, 4) is 0 Å². The molecule has 0 aliphatic heterocycles. The van der Waals surface area contributed by atoms with Crippen LogP contribution in [0.15, 0.2) is 24.4 Å². The highest BCUT2D eigenvalue weighted by molar-refractivity contribution is 5.73. The van der Waals surface area contributed by atoms with Crippen LogP contribution in [-0.4, -0.2) is 9.97 Å². The average molecular weight is 204 g/mol. The molecular weight excluding hydrogens is 191 g/mol. The first-order valence-corrected chi connectivity index (χ1v) is 5.13. The number of fused-ring (bicyclic) bond motifs is 1. The van der Waals surface area contributed by atoms with E-state index in [0.717, 1.165) is 17.6 Å². The molecule has 1 unspecified atom stereocenters. The Balaban J connectivity index is 2.54. The molecule has 1 atom stereocenters. The maximum atomic E-state index is 13.0. The second-order valence-electron chi connectivity index (χ2n) is 3.74. The van der Waals surface area contributed by atoms with Crippen molar-refractivity contribution in [1.82, 2.24) is 9.97 Å². The summed E-state index contributed by atoms with van der Waals surface area (Å²) in [7, 11) is 0. The largest absolute Gasteiger partial charge is 0.253 e. The van der Waals surface area contributed by atoms with E-state index >= 15 is 0 Å². The summed E-state index contributed by atoms with van der Waals surface area (Å²) in [5.41, 5.74) is 2.30. The van der Waals surface area contributed by atoms with Crippen molar-refractivity contribution in [3.05, 3.63) is 35.9 Å². The summed E-state index contributed by atoms with van der Waals surface area (Å²) < 4.78 is 13.0. The lowest BCUT2D eigenvalue weighted by Gasteiger charge is -2.07. The summed E-state index contributed by atoms with van der Waals surface area (Å²) in [4.78, 5) is 8.67. The fourth-order valence-electron chi connectivity index (χ4n) is 1.45. The zero-order chi connectivity index (χ0) is 10.8. The van der Waals surface area contributed by atoms with Crippen LogP contribution in [0, 0.1) is 5.82 Å². The molecule has 0 fully saturated rings. The number of benzene rings is 1. The minimum Gasteiger partial charge on any atom is -0.253 e. The van der Waals surface area contributed by atoms with Crippen LogP contribution in [0.2, 0.25) is 0 Å². The second kappa shape index (κ2) is 3.93. The van der Waals surface area contributed by atoms with Crippen molar-refractivity contribution in [2.45, 2.75) is 26.2 Å². The van der Waals surface area contributed by atoms with Crippen LogP contribution >= 0.6 is 0 Å². The summed E-state index contributed by atoms with van der Waals surface area (Å²) in [6.07, 6.45) is 2.78. The van der Waals surface area contributed by atoms with Crippen LogP contribution in [0.5, 0.6) is 0 Å². The second-order valence-corrected chi connectivity index (χ2v) is 3.74. The molecule has 0 saturated carbocycles. The van der Waals surface area contributed by atoms with Gasteiger partial charge in [0.05, 0.1) is 16.7 Å². The lowest BCUT2D eigenvalue weighted by atomic mass is 10.1. The van der Waals surface area contributed by atoms with E-state index in [4.69, 9.17) is 0 Å². The minimum absolute atomic E-state index is 0.266. The van der Waals surface area contributed by atoms with Crippen LogP contribution < -0.4 is 0 Å². The molecule has 0 aliphatic rings. The molecule has 1 aromatic carbocycles. The number of hydrogen-bond acceptors (Lipinski definition) is 2. The molecule has 0 aliphatic carbocycles. The topological polar surface area (TPSA) is 25.8 Å². The van der Waals surface area contributed by atoms with Gasteiger partial charge >= 0.3 is 0 Å². The Morgan fingerprint density at radius 2 is 2.13 bits per heavy atom. The standard InChI is InChI=1S/C12H13FN2/c1-3-8(2)12-7-14-10-5-4-9(13)6-11(10)15-12/h4-8H,3H2,1-2H3. The molecule has 78 valence electrons. The SMILES string of the molecule is CCC(C)c1cnc2ccc(F)cc2n1. The van der Waals surface area contributed by atoms with Gasteiger partial charge in [0.25, 0.3) is 0 Å². The van der Waals surface area contributed by atoms with Crippen LogP contribution in [-0.2, 0) is 0 Å². The number of nitrogens with zero attached hydrogens (tertiary/aromatic N) is 2. The van der Waals surface area contributed by atoms with Gasteiger partial charge in [-0.15, -0.1) is 0 Å². The van der Waals surface area contributed by atoms with Crippen LogP contribution in [0.4, 0.5) is 4.39 Å². The van der Waals surface area contributed by atoms with Gasteiger partial charge in [-0.3, -0.25) is 4.98 Å². The van der Waals surface area contributed by atoms with Crippen LogP contribution in [0.3, 0.4) is 0 Å². The van der Waals surface area contributed by atoms with Gasteiger partial charge in [0.1, 0.15) is 5.82 Å². The number of rotatable bonds is 2. The number of hydrogen-bond donors (Lipinski definition) is 0. The normalized spacial score (nSPS) is 13.0. The molecule has 0 amide bonds. The van der Waals surface area contributed by atoms with Gasteiger partial charge in [-0.2, -0.15) is 0 Å². The fourth-order valence-corrected chi connectivity index (χ4v) is 1.45. The first kappa shape index (κ1) is 10.0. The van der Waals surface area contributed by atoms with Gasteiger partial charge < -0.3 is 0 Å². The first-order valence-electron chi connectivity index (χ1n) is 5.13. The van der Waals surface area contributed by atoms with Crippen molar-refractivity contribution in [1.29, 1.82) is 0 Å². The lowest BCUT2D eigenvalue weighted by molar-refractivity contribution is 0.629. The van der Waals surface area contributed by atoms with E-state index in [1.165, 1.54) is 12.1 Å². The molecule has 0 bridgehead atoms. The van der Waals surface area contributed by atoms with Crippen molar-refractivity contribution in [2.75, 3.05) is 0 Å². The van der Waals surface area contributed by atoms with Gasteiger partial charge in [0, 0.05) is 12.3 Å². The van der Waals surface area contributed by atoms with Crippen LogP contribution in [0.25, 0.3) is 11.0 Å². The third kappa shape index (κ3) is 1.96. The molecule has 2 rings (SSSR count). The fraction of sp³-hybridized carbons (Fsp3) is 0.333. The van der Waals surface area contributed by atoms with E-state index in [-0.39, 0.29) is 5.82 Å². The monoisotopic (exact) mass is 204 g/mol. The summed E-state index contributed by atoms with van der Waals surface area (Å²) >= 11 is 0. The van der Waals surface area contributed by atoms with Gasteiger partial charge in [-0.05, 0) is 24.5 Å². The molecule has 0 radical (unpaired) electrons. The lowest BCUT2D eigenvalue weighted by Crippen LogP contribution is -1.97. The molecule has 2 aromatic rings. The van der Waals surface area contributed by atoms with E-state index in [9.17, 15) is 4.39 Å². The summed E-state index contributed by atoms with van der Waals surface area (Å²) in [6, 6.07) is 4.48. The quantitative estimate of drug-likeness (QED) is 0.750. The molecule has 1 aromatic heterocycles. The number of aromatic nitrogens is 2. The number of halogens is 1. The molecule has 0 N–H and O–H groups in total. The Bertz CT molecular complexity index is 482. The Morgan fingerprint density at radius 1 is 1.33 bits per heavy atom. The maximum absolute atomic E-state index is 13.0. The maximum Gasteiger partial charge on any atom is 0.125 e. The molecule has 0 spiro atoms. The van der Waals surface area contributed by atoms with Crippen molar-refractivity contribution in [3.63, 3.8) is 0 Å². The van der Waals surface area contributed by atoms with E-state index in [1.807, 2.05) is 0 Å². The van der Waals surface area contributed by atoms with Gasteiger partial charge in [0.15, 0.2) is 0 Å². The van der Waals surface area contributed by atoms with Crippen molar-refractivity contribution < 1.29 is 4.39 Å². The zero-order valence-electron chi connectivity index (χ0n) is 8.87. The third-order valence-electron chi connectivity index (χ3n) is 2.64. The predicted octanol–water partition coefficient (Wildman–Crippen LogP) is 3.28. The van der Waals surface area contributed by atoms with Crippen LogP contribution in [0.1, 0.15) is 31.9 Å². The molecule has 0 saturated heterocycles. The predicted molar refractivity (Wildman–Crippen MR) is 58.2 cm³/mol. The van der Waals surface area contributed by atoms with E-state index in [1.54, 1.807) is 12.3 Å². The Kier molecular flexibility index (Phi) is 2.62. The Hall–Kier alpha value is -1.51. The van der Waals surface area contributed by atoms with E-state index < -0.39 is 0 Å². The van der Waals surface area contributed by atoms with Gasteiger partial charge in [-0.25, -0.2) is 9.37 Å². The average Bonchev–Trinajstić information content (AvgIpc) is 2.27. The third-order valence-corrected chi connectivity index (χ3v) is 2.64. The molecule has 15 heavy (non-hydrogen) atoms. The smallest absolute Gasteiger partial charge is 0.125 e. The summed E-state index contributed by atoms with van der Waals surface area (Å²) in [5, 5.41) is 0. The Morgan fingerprint density at radius 3 is 2.87 bits per heavy atom. The van der Waals surface area contributed by atoms with Gasteiger partial charge in [-0.1, -0.05) is 13.8 Å². The molecule has 1 heterocycles. The minimum atomic E-state index is -0.266. The van der Waals surface area contributed by atoms with E-state index in [2.05, 4.69) is 23.8 Å². The molecule has 2 nitrogen and oxygen atoms in total. The molecular formula is C12H13FN2. The summed E-state index contributed by atoms with van der Waals surface area (Å²) in [5.74, 6) is 0.100. The first-order chi connectivity index (χ1) is 7.20. The highest BCUT2D eigenvalue weighted by atomic mass is 19.1. The van der Waals surface area contributed by atoms with E-state index in [0.29, 0.717) is 11.4 Å². The Labute approximate surface area is 88.2 Å². The summed E-state index contributed by atoms with van der Waals surface area (Å²) in [6.45, 7) is 4.19. The molecule has 3 heteroatoms. The highest BCUT2D eigenvalue weighted by Crippen LogP contribution is 2.18. The zero-order valence-corrected chi connectivity index (χ0v) is 8.87. The highest BCUT2D eigenvalue weighted by Gasteiger charge is 2.06.